The molecule has 0 aliphatic rings. The van der Waals surface area contributed by atoms with Gasteiger partial charge >= 0.3 is 0 Å². The average Bonchev–Trinajstić information content (AvgIpc) is 2.72. The molecule has 2 N–H and O–H groups in total. The normalized spacial score (nSPS) is 11.6. The third-order valence-corrected chi connectivity index (χ3v) is 4.14. The molecule has 2 rings (SSSR count). The summed E-state index contributed by atoms with van der Waals surface area (Å²) < 4.78 is 16.6. The van der Waals surface area contributed by atoms with E-state index in [0.29, 0.717) is 41.0 Å². The Balaban J connectivity index is 2.24. The zero-order valence-corrected chi connectivity index (χ0v) is 16.6. The third-order valence-electron chi connectivity index (χ3n) is 4.14. The number of aliphatic hydroxyl groups excluding tert-OH is 1. The van der Waals surface area contributed by atoms with Crippen LogP contribution in [0.25, 0.3) is 6.08 Å². The lowest BCUT2D eigenvalue weighted by atomic mass is 10.1. The van der Waals surface area contributed by atoms with Gasteiger partial charge in [-0.2, -0.15) is 0 Å². The van der Waals surface area contributed by atoms with E-state index in [1.807, 2.05) is 0 Å². The van der Waals surface area contributed by atoms with E-state index in [1.165, 1.54) is 0 Å². The summed E-state index contributed by atoms with van der Waals surface area (Å²) in [5.74, 6) is 2.63. The number of rotatable bonds is 12. The molecule has 0 unspecified atom stereocenters. The zero-order valence-electron chi connectivity index (χ0n) is 16.6. The summed E-state index contributed by atoms with van der Waals surface area (Å²) in [6, 6.07) is 1.80. The van der Waals surface area contributed by atoms with Crippen molar-refractivity contribution >= 4 is 11.9 Å². The molecule has 0 saturated carbocycles. The van der Waals surface area contributed by atoms with Gasteiger partial charge in [0.1, 0.15) is 12.3 Å². The first-order chi connectivity index (χ1) is 13.7. The molecule has 0 radical (unpaired) electrons. The number of aromatic nitrogens is 3. The van der Waals surface area contributed by atoms with Gasteiger partial charge in [0, 0.05) is 24.9 Å². The molecule has 0 saturated heterocycles. The SMILES string of the molecule is C=Cc1ncc(OCc2nccc(OC)c2OC)c(N[C@@H](CCC)CCO)n1. The molecule has 0 fully saturated rings. The lowest BCUT2D eigenvalue weighted by Crippen LogP contribution is -2.22. The van der Waals surface area contributed by atoms with Crippen LogP contribution in [0.4, 0.5) is 5.82 Å². The van der Waals surface area contributed by atoms with Crippen molar-refractivity contribution in [2.24, 2.45) is 0 Å². The van der Waals surface area contributed by atoms with Gasteiger partial charge < -0.3 is 24.6 Å². The average molecular weight is 388 g/mol. The van der Waals surface area contributed by atoms with Crippen molar-refractivity contribution in [2.45, 2.75) is 38.8 Å². The van der Waals surface area contributed by atoms with E-state index < -0.39 is 0 Å². The molecule has 0 spiro atoms. The molecule has 1 atom stereocenters. The third kappa shape index (κ3) is 5.56. The van der Waals surface area contributed by atoms with Crippen LogP contribution in [-0.4, -0.2) is 46.9 Å². The zero-order chi connectivity index (χ0) is 20.4. The number of aliphatic hydroxyl groups is 1. The molecule has 0 bridgehead atoms. The second-order valence-electron chi connectivity index (χ2n) is 6.07. The summed E-state index contributed by atoms with van der Waals surface area (Å²) >= 11 is 0. The Hall–Kier alpha value is -2.87. The highest BCUT2D eigenvalue weighted by atomic mass is 16.5. The second kappa shape index (κ2) is 11.1. The van der Waals surface area contributed by atoms with E-state index in [9.17, 15) is 5.11 Å². The van der Waals surface area contributed by atoms with E-state index in [4.69, 9.17) is 14.2 Å². The summed E-state index contributed by atoms with van der Waals surface area (Å²) in [5.41, 5.74) is 0.598. The highest BCUT2D eigenvalue weighted by molar-refractivity contribution is 5.53. The Morgan fingerprint density at radius 2 is 2.04 bits per heavy atom. The van der Waals surface area contributed by atoms with Crippen LogP contribution in [0.1, 0.15) is 37.7 Å². The Bertz CT molecular complexity index is 764. The Morgan fingerprint density at radius 3 is 2.68 bits per heavy atom. The number of methoxy groups -OCH3 is 2. The number of ether oxygens (including phenoxy) is 3. The van der Waals surface area contributed by atoms with Gasteiger partial charge in [0.15, 0.2) is 28.9 Å². The fraction of sp³-hybridized carbons (Fsp3) is 0.450. The van der Waals surface area contributed by atoms with Gasteiger partial charge in [-0.1, -0.05) is 19.9 Å². The van der Waals surface area contributed by atoms with Crippen molar-refractivity contribution in [3.05, 3.63) is 36.6 Å². The van der Waals surface area contributed by atoms with Crippen molar-refractivity contribution in [1.29, 1.82) is 0 Å². The molecule has 152 valence electrons. The van der Waals surface area contributed by atoms with Gasteiger partial charge in [-0.25, -0.2) is 9.97 Å². The molecule has 8 heteroatoms. The maximum absolute atomic E-state index is 9.32. The molecule has 2 aromatic heterocycles. The summed E-state index contributed by atoms with van der Waals surface area (Å²) in [4.78, 5) is 13.0. The van der Waals surface area contributed by atoms with E-state index in [0.717, 1.165) is 12.8 Å². The van der Waals surface area contributed by atoms with Gasteiger partial charge in [0.05, 0.1) is 20.4 Å². The van der Waals surface area contributed by atoms with Crippen LogP contribution in [0.15, 0.2) is 25.0 Å². The van der Waals surface area contributed by atoms with Crippen LogP contribution in [0.5, 0.6) is 17.2 Å². The van der Waals surface area contributed by atoms with Gasteiger partial charge in [-0.3, -0.25) is 4.98 Å². The second-order valence-corrected chi connectivity index (χ2v) is 6.07. The maximum Gasteiger partial charge on any atom is 0.185 e. The van der Waals surface area contributed by atoms with E-state index in [2.05, 4.69) is 33.8 Å². The Labute approximate surface area is 165 Å². The molecule has 2 aromatic rings. The number of hydrogen-bond donors (Lipinski definition) is 2. The van der Waals surface area contributed by atoms with Crippen LogP contribution in [0, 0.1) is 0 Å². The van der Waals surface area contributed by atoms with Crippen molar-refractivity contribution in [2.75, 3.05) is 26.1 Å². The van der Waals surface area contributed by atoms with Crippen LogP contribution < -0.4 is 19.5 Å². The summed E-state index contributed by atoms with van der Waals surface area (Å²) in [6.45, 7) is 6.06. The minimum Gasteiger partial charge on any atom is -0.493 e. The van der Waals surface area contributed by atoms with Gasteiger partial charge in [0.2, 0.25) is 0 Å². The first-order valence-corrected chi connectivity index (χ1v) is 9.22. The minimum absolute atomic E-state index is 0.0781. The molecule has 0 aliphatic carbocycles. The molecule has 0 amide bonds. The standard InChI is InChI=1S/C20H28N4O4/c1-5-7-14(9-11-25)23-20-17(12-22-18(6-2)24-20)28-13-15-19(27-4)16(26-3)8-10-21-15/h6,8,10,12,14,25H,2,5,7,9,11,13H2,1,3-4H3,(H,22,23,24)/t14-/m0/s1. The molecule has 28 heavy (non-hydrogen) atoms. The van der Waals surface area contributed by atoms with Crippen LogP contribution >= 0.6 is 0 Å². The van der Waals surface area contributed by atoms with Crippen LogP contribution in [-0.2, 0) is 6.61 Å². The van der Waals surface area contributed by atoms with Crippen LogP contribution in [0.2, 0.25) is 0 Å². The molecular weight excluding hydrogens is 360 g/mol. The smallest absolute Gasteiger partial charge is 0.185 e. The quantitative estimate of drug-likeness (QED) is 0.572. The van der Waals surface area contributed by atoms with Crippen molar-refractivity contribution < 1.29 is 19.3 Å². The van der Waals surface area contributed by atoms with Crippen molar-refractivity contribution in [1.82, 2.24) is 15.0 Å². The maximum atomic E-state index is 9.32. The molecule has 2 heterocycles. The molecule has 0 aromatic carbocycles. The fourth-order valence-corrected chi connectivity index (χ4v) is 2.78. The monoisotopic (exact) mass is 388 g/mol. The van der Waals surface area contributed by atoms with Gasteiger partial charge in [-0.15, -0.1) is 0 Å². The highest BCUT2D eigenvalue weighted by Crippen LogP contribution is 2.31. The summed E-state index contributed by atoms with van der Waals surface area (Å²) in [7, 11) is 3.13. The number of nitrogens with zero attached hydrogens (tertiary/aromatic N) is 3. The molecule has 8 nitrogen and oxygen atoms in total. The summed E-state index contributed by atoms with van der Waals surface area (Å²) in [5, 5.41) is 12.7. The predicted molar refractivity (Wildman–Crippen MR) is 108 cm³/mol. The number of pyridine rings is 1. The molecular formula is C20H28N4O4. The summed E-state index contributed by atoms with van der Waals surface area (Å²) in [6.07, 6.45) is 7.31. The van der Waals surface area contributed by atoms with Crippen LogP contribution in [0.3, 0.4) is 0 Å². The topological polar surface area (TPSA) is 98.6 Å². The number of hydrogen-bond acceptors (Lipinski definition) is 8. The minimum atomic E-state index is 0.0781. The largest absolute Gasteiger partial charge is 0.493 e. The lowest BCUT2D eigenvalue weighted by molar-refractivity contribution is 0.274. The predicted octanol–water partition coefficient (Wildman–Crippen LogP) is 3.07. The number of nitrogens with one attached hydrogen (secondary N) is 1. The van der Waals surface area contributed by atoms with Gasteiger partial charge in [-0.05, 0) is 18.9 Å². The van der Waals surface area contributed by atoms with E-state index in [1.54, 1.807) is 38.8 Å². The molecule has 0 aliphatic heterocycles. The lowest BCUT2D eigenvalue weighted by Gasteiger charge is -2.20. The first kappa shape index (κ1) is 21.4. The fourth-order valence-electron chi connectivity index (χ4n) is 2.78. The number of anilines is 1. The highest BCUT2D eigenvalue weighted by Gasteiger charge is 2.16. The Kier molecular flexibility index (Phi) is 8.48. The van der Waals surface area contributed by atoms with Crippen molar-refractivity contribution in [3.63, 3.8) is 0 Å². The van der Waals surface area contributed by atoms with E-state index >= 15 is 0 Å². The first-order valence-electron chi connectivity index (χ1n) is 9.22. The Morgan fingerprint density at radius 1 is 1.21 bits per heavy atom. The van der Waals surface area contributed by atoms with E-state index in [-0.39, 0.29) is 19.3 Å². The van der Waals surface area contributed by atoms with Crippen molar-refractivity contribution in [3.8, 4) is 17.2 Å². The van der Waals surface area contributed by atoms with Gasteiger partial charge in [0.25, 0.3) is 0 Å².